The van der Waals surface area contributed by atoms with Gasteiger partial charge in [-0.05, 0) is 40.6 Å². The molecule has 0 spiro atoms. The molecule has 1 N–H and O–H groups in total. The zero-order chi connectivity index (χ0) is 16.9. The van der Waals surface area contributed by atoms with Gasteiger partial charge in [0, 0.05) is 17.7 Å². The molecular weight excluding hydrogens is 306 g/mol. The summed E-state index contributed by atoms with van der Waals surface area (Å²) in [5.41, 5.74) is 3.61. The second kappa shape index (κ2) is 6.70. The average molecular weight is 319 g/mol. The molecule has 0 aliphatic carbocycles. The molecule has 1 amide bonds. The molecule has 0 aromatic heterocycles. The Balaban J connectivity index is 1.68. The molecule has 0 aliphatic rings. The van der Waals surface area contributed by atoms with Crippen molar-refractivity contribution in [1.82, 2.24) is 5.43 Å². The van der Waals surface area contributed by atoms with E-state index in [-0.39, 0.29) is 11.6 Å². The van der Waals surface area contributed by atoms with Gasteiger partial charge in [0.05, 0.1) is 11.1 Å². The molecule has 118 valence electrons. The largest absolute Gasteiger partial charge is 0.271 e. The van der Waals surface area contributed by atoms with E-state index in [0.29, 0.717) is 11.1 Å². The number of non-ortho nitro benzene ring substituents is 1. The van der Waals surface area contributed by atoms with Crippen LogP contribution in [0.4, 0.5) is 5.69 Å². The minimum atomic E-state index is -0.470. The molecule has 3 rings (SSSR count). The molecule has 0 bridgehead atoms. The van der Waals surface area contributed by atoms with Crippen molar-refractivity contribution >= 4 is 28.6 Å². The Labute approximate surface area is 137 Å². The number of nitro groups is 1. The van der Waals surface area contributed by atoms with Gasteiger partial charge in [-0.2, -0.15) is 5.10 Å². The topological polar surface area (TPSA) is 84.6 Å². The van der Waals surface area contributed by atoms with Crippen molar-refractivity contribution in [3.63, 3.8) is 0 Å². The van der Waals surface area contributed by atoms with Gasteiger partial charge in [-0.15, -0.1) is 0 Å². The number of benzene rings is 3. The van der Waals surface area contributed by atoms with Crippen LogP contribution in [0.25, 0.3) is 10.8 Å². The van der Waals surface area contributed by atoms with Crippen LogP contribution in [0.1, 0.15) is 15.9 Å². The molecule has 6 nitrogen and oxygen atoms in total. The number of hydrazone groups is 1. The number of hydrogen-bond acceptors (Lipinski definition) is 4. The van der Waals surface area contributed by atoms with Gasteiger partial charge >= 0.3 is 0 Å². The van der Waals surface area contributed by atoms with Gasteiger partial charge < -0.3 is 0 Å². The number of nitro benzene ring substituents is 1. The highest BCUT2D eigenvalue weighted by molar-refractivity contribution is 5.98. The minimum Gasteiger partial charge on any atom is -0.267 e. The number of carbonyl (C=O) groups is 1. The zero-order valence-corrected chi connectivity index (χ0v) is 12.5. The zero-order valence-electron chi connectivity index (χ0n) is 12.5. The van der Waals surface area contributed by atoms with Crippen LogP contribution in [0, 0.1) is 10.1 Å². The van der Waals surface area contributed by atoms with E-state index < -0.39 is 4.92 Å². The molecule has 0 atom stereocenters. The fourth-order valence-corrected chi connectivity index (χ4v) is 2.24. The summed E-state index contributed by atoms with van der Waals surface area (Å²) in [4.78, 5) is 22.2. The molecule has 24 heavy (non-hydrogen) atoms. The van der Waals surface area contributed by atoms with Crippen LogP contribution in [-0.4, -0.2) is 17.0 Å². The van der Waals surface area contributed by atoms with Crippen LogP contribution in [0.5, 0.6) is 0 Å². The second-order valence-electron chi connectivity index (χ2n) is 5.11. The Morgan fingerprint density at radius 1 is 1.00 bits per heavy atom. The van der Waals surface area contributed by atoms with E-state index in [9.17, 15) is 14.9 Å². The van der Waals surface area contributed by atoms with Gasteiger partial charge in [0.1, 0.15) is 0 Å². The van der Waals surface area contributed by atoms with Crippen molar-refractivity contribution in [1.29, 1.82) is 0 Å². The molecule has 0 saturated heterocycles. The third-order valence-corrected chi connectivity index (χ3v) is 3.50. The SMILES string of the molecule is O=C(N/N=C/c1ccc([N+](=O)[O-])cc1)c1ccc2ccccc2c1. The number of nitrogens with zero attached hydrogens (tertiary/aromatic N) is 2. The lowest BCUT2D eigenvalue weighted by molar-refractivity contribution is -0.384. The highest BCUT2D eigenvalue weighted by atomic mass is 16.6. The van der Waals surface area contributed by atoms with Crippen LogP contribution in [0.2, 0.25) is 0 Å². The third kappa shape index (κ3) is 3.44. The summed E-state index contributed by atoms with van der Waals surface area (Å²) < 4.78 is 0. The first kappa shape index (κ1) is 15.4. The van der Waals surface area contributed by atoms with Crippen molar-refractivity contribution < 1.29 is 9.72 Å². The first-order valence-electron chi connectivity index (χ1n) is 7.20. The van der Waals surface area contributed by atoms with Crippen molar-refractivity contribution in [3.05, 3.63) is 88.0 Å². The van der Waals surface area contributed by atoms with Crippen LogP contribution in [0.15, 0.2) is 71.8 Å². The van der Waals surface area contributed by atoms with Gasteiger partial charge in [-0.25, -0.2) is 5.43 Å². The highest BCUT2D eigenvalue weighted by Gasteiger charge is 2.05. The molecule has 0 fully saturated rings. The summed E-state index contributed by atoms with van der Waals surface area (Å²) in [5, 5.41) is 16.5. The fraction of sp³-hybridized carbons (Fsp3) is 0. The molecule has 6 heteroatoms. The summed E-state index contributed by atoms with van der Waals surface area (Å²) in [7, 11) is 0. The van der Waals surface area contributed by atoms with E-state index in [1.165, 1.54) is 18.3 Å². The van der Waals surface area contributed by atoms with Gasteiger partial charge in [-0.1, -0.05) is 30.3 Å². The Morgan fingerprint density at radius 2 is 1.71 bits per heavy atom. The maximum absolute atomic E-state index is 12.1. The molecular formula is C18H13N3O3. The summed E-state index contributed by atoms with van der Waals surface area (Å²) in [6.07, 6.45) is 1.43. The highest BCUT2D eigenvalue weighted by Crippen LogP contribution is 2.15. The molecule has 3 aromatic carbocycles. The maximum Gasteiger partial charge on any atom is 0.271 e. The van der Waals surface area contributed by atoms with Crippen LogP contribution < -0.4 is 5.43 Å². The average Bonchev–Trinajstić information content (AvgIpc) is 2.61. The molecule has 3 aromatic rings. The number of nitrogens with one attached hydrogen (secondary N) is 1. The molecule has 0 aliphatic heterocycles. The van der Waals surface area contributed by atoms with Crippen LogP contribution in [-0.2, 0) is 0 Å². The second-order valence-corrected chi connectivity index (χ2v) is 5.11. The lowest BCUT2D eigenvalue weighted by Crippen LogP contribution is -2.17. The standard InChI is InChI=1S/C18H13N3O3/c22-18(16-8-7-14-3-1-2-4-15(14)11-16)20-19-12-13-5-9-17(10-6-13)21(23)24/h1-12H,(H,20,22)/b19-12+. The number of fused-ring (bicyclic) bond motifs is 1. The first-order chi connectivity index (χ1) is 11.6. The predicted molar refractivity (Wildman–Crippen MR) is 92.1 cm³/mol. The summed E-state index contributed by atoms with van der Waals surface area (Å²) in [6.45, 7) is 0. The monoisotopic (exact) mass is 319 g/mol. The number of carbonyl (C=O) groups excluding carboxylic acids is 1. The predicted octanol–water partition coefficient (Wildman–Crippen LogP) is 3.51. The van der Waals surface area contributed by atoms with E-state index in [1.807, 2.05) is 30.3 Å². The minimum absolute atomic E-state index is 0.00680. The molecule has 0 radical (unpaired) electrons. The third-order valence-electron chi connectivity index (χ3n) is 3.50. The molecule has 0 saturated carbocycles. The Hall–Kier alpha value is -3.54. The van der Waals surface area contributed by atoms with Crippen molar-refractivity contribution in [2.75, 3.05) is 0 Å². The summed E-state index contributed by atoms with van der Waals surface area (Å²) in [5.74, 6) is -0.320. The van der Waals surface area contributed by atoms with Gasteiger partial charge in [0.2, 0.25) is 0 Å². The van der Waals surface area contributed by atoms with Gasteiger partial charge in [0.15, 0.2) is 0 Å². The van der Waals surface area contributed by atoms with Crippen LogP contribution >= 0.6 is 0 Å². The number of hydrogen-bond donors (Lipinski definition) is 1. The fourth-order valence-electron chi connectivity index (χ4n) is 2.24. The lowest BCUT2D eigenvalue weighted by Gasteiger charge is -2.02. The molecule has 0 unspecified atom stereocenters. The van der Waals surface area contributed by atoms with E-state index in [0.717, 1.165) is 10.8 Å². The lowest BCUT2D eigenvalue weighted by atomic mass is 10.1. The maximum atomic E-state index is 12.1. The van der Waals surface area contributed by atoms with Crippen molar-refractivity contribution in [2.24, 2.45) is 5.10 Å². The summed E-state index contributed by atoms with van der Waals surface area (Å²) >= 11 is 0. The van der Waals surface area contributed by atoms with Gasteiger partial charge in [-0.3, -0.25) is 14.9 Å². The Morgan fingerprint density at radius 3 is 2.42 bits per heavy atom. The molecule has 0 heterocycles. The van der Waals surface area contributed by atoms with Crippen molar-refractivity contribution in [3.8, 4) is 0 Å². The Bertz CT molecular complexity index is 934. The quantitative estimate of drug-likeness (QED) is 0.453. The van der Waals surface area contributed by atoms with Gasteiger partial charge in [0.25, 0.3) is 11.6 Å². The van der Waals surface area contributed by atoms with E-state index >= 15 is 0 Å². The smallest absolute Gasteiger partial charge is 0.267 e. The van der Waals surface area contributed by atoms with E-state index in [4.69, 9.17) is 0 Å². The number of amides is 1. The van der Waals surface area contributed by atoms with Crippen molar-refractivity contribution in [2.45, 2.75) is 0 Å². The van der Waals surface area contributed by atoms with E-state index in [2.05, 4.69) is 10.5 Å². The number of rotatable bonds is 4. The van der Waals surface area contributed by atoms with E-state index in [1.54, 1.807) is 24.3 Å². The Kier molecular flexibility index (Phi) is 4.29. The van der Waals surface area contributed by atoms with Crippen LogP contribution in [0.3, 0.4) is 0 Å². The first-order valence-corrected chi connectivity index (χ1v) is 7.20. The summed E-state index contributed by atoms with van der Waals surface area (Å²) in [6, 6.07) is 19.1. The normalized spacial score (nSPS) is 10.8.